The Labute approximate surface area is 162 Å². The van der Waals surface area contributed by atoms with Gasteiger partial charge in [-0.3, -0.25) is 4.79 Å². The van der Waals surface area contributed by atoms with Crippen molar-refractivity contribution in [2.24, 2.45) is 0 Å². The summed E-state index contributed by atoms with van der Waals surface area (Å²) in [4.78, 5) is 28.5. The SMILES string of the molecule is O=C(NCc1cc(C2CC2)no1)N1CCCN(C(=O)c2ccc(F)cc2)CC1. The van der Waals surface area contributed by atoms with Crippen LogP contribution < -0.4 is 5.32 Å². The molecule has 0 radical (unpaired) electrons. The first kappa shape index (κ1) is 18.5. The zero-order chi connectivity index (χ0) is 19.5. The highest BCUT2D eigenvalue weighted by atomic mass is 19.1. The summed E-state index contributed by atoms with van der Waals surface area (Å²) in [6, 6.07) is 7.26. The van der Waals surface area contributed by atoms with Crippen molar-refractivity contribution >= 4 is 11.9 Å². The van der Waals surface area contributed by atoms with Crippen LogP contribution in [0.25, 0.3) is 0 Å². The molecule has 0 spiro atoms. The normalized spacial score (nSPS) is 17.3. The van der Waals surface area contributed by atoms with Crippen molar-refractivity contribution in [1.29, 1.82) is 0 Å². The van der Waals surface area contributed by atoms with Gasteiger partial charge in [0, 0.05) is 43.7 Å². The largest absolute Gasteiger partial charge is 0.359 e. The van der Waals surface area contributed by atoms with Crippen LogP contribution in [0.1, 0.15) is 47.0 Å². The van der Waals surface area contributed by atoms with Crippen molar-refractivity contribution in [2.45, 2.75) is 31.7 Å². The second kappa shape index (κ2) is 8.00. The maximum Gasteiger partial charge on any atom is 0.317 e. The molecule has 1 N–H and O–H groups in total. The Hall–Kier alpha value is -2.90. The monoisotopic (exact) mass is 386 g/mol. The zero-order valence-corrected chi connectivity index (χ0v) is 15.6. The molecule has 0 unspecified atom stereocenters. The van der Waals surface area contributed by atoms with Crippen LogP contribution in [0.4, 0.5) is 9.18 Å². The van der Waals surface area contributed by atoms with E-state index in [-0.39, 0.29) is 17.8 Å². The van der Waals surface area contributed by atoms with Gasteiger partial charge in [-0.05, 0) is 43.5 Å². The third kappa shape index (κ3) is 4.32. The van der Waals surface area contributed by atoms with Crippen LogP contribution >= 0.6 is 0 Å². The molecule has 1 aromatic carbocycles. The molecule has 148 valence electrons. The minimum Gasteiger partial charge on any atom is -0.359 e. The van der Waals surface area contributed by atoms with Gasteiger partial charge >= 0.3 is 6.03 Å². The van der Waals surface area contributed by atoms with Crippen LogP contribution in [-0.4, -0.2) is 53.1 Å². The van der Waals surface area contributed by atoms with E-state index >= 15 is 0 Å². The lowest BCUT2D eigenvalue weighted by Crippen LogP contribution is -2.42. The fraction of sp³-hybridized carbons (Fsp3) is 0.450. The van der Waals surface area contributed by atoms with Crippen LogP contribution in [0.15, 0.2) is 34.9 Å². The van der Waals surface area contributed by atoms with Gasteiger partial charge in [0.15, 0.2) is 5.76 Å². The fourth-order valence-electron chi connectivity index (χ4n) is 3.36. The number of hydrogen-bond acceptors (Lipinski definition) is 4. The lowest BCUT2D eigenvalue weighted by molar-refractivity contribution is 0.0762. The van der Waals surface area contributed by atoms with E-state index in [9.17, 15) is 14.0 Å². The van der Waals surface area contributed by atoms with Crippen LogP contribution in [0.3, 0.4) is 0 Å². The van der Waals surface area contributed by atoms with Crippen molar-refractivity contribution < 1.29 is 18.5 Å². The number of benzene rings is 1. The van der Waals surface area contributed by atoms with E-state index in [4.69, 9.17) is 4.52 Å². The number of carbonyl (C=O) groups is 2. The number of nitrogens with one attached hydrogen (secondary N) is 1. The molecule has 2 aliphatic rings. The summed E-state index contributed by atoms with van der Waals surface area (Å²) in [5, 5.41) is 6.90. The molecule has 3 amide bonds. The van der Waals surface area contributed by atoms with E-state index in [2.05, 4.69) is 10.5 Å². The van der Waals surface area contributed by atoms with Crippen molar-refractivity contribution in [2.75, 3.05) is 26.2 Å². The van der Waals surface area contributed by atoms with Gasteiger partial charge in [0.2, 0.25) is 0 Å². The van der Waals surface area contributed by atoms with Crippen LogP contribution in [0.2, 0.25) is 0 Å². The maximum absolute atomic E-state index is 13.0. The predicted octanol–water partition coefficient (Wildman–Crippen LogP) is 2.75. The Morgan fingerprint density at radius 1 is 1.11 bits per heavy atom. The van der Waals surface area contributed by atoms with Gasteiger partial charge in [-0.25, -0.2) is 9.18 Å². The number of hydrogen-bond donors (Lipinski definition) is 1. The highest BCUT2D eigenvalue weighted by Crippen LogP contribution is 2.39. The molecular formula is C20H23FN4O3. The fourth-order valence-corrected chi connectivity index (χ4v) is 3.36. The quantitative estimate of drug-likeness (QED) is 0.876. The van der Waals surface area contributed by atoms with E-state index in [0.29, 0.717) is 56.4 Å². The average Bonchev–Trinajstić information content (AvgIpc) is 3.49. The van der Waals surface area contributed by atoms with Crippen LogP contribution in [0, 0.1) is 5.82 Å². The molecule has 1 saturated heterocycles. The van der Waals surface area contributed by atoms with Gasteiger partial charge in [-0.2, -0.15) is 0 Å². The highest BCUT2D eigenvalue weighted by Gasteiger charge is 2.27. The van der Waals surface area contributed by atoms with E-state index in [0.717, 1.165) is 18.5 Å². The average molecular weight is 386 g/mol. The molecule has 8 heteroatoms. The smallest absolute Gasteiger partial charge is 0.317 e. The van der Waals surface area contributed by atoms with Gasteiger partial charge in [0.05, 0.1) is 12.2 Å². The molecule has 2 aromatic rings. The Kier molecular flexibility index (Phi) is 5.27. The van der Waals surface area contributed by atoms with Crippen molar-refractivity contribution in [3.63, 3.8) is 0 Å². The van der Waals surface area contributed by atoms with Gasteiger partial charge in [0.25, 0.3) is 5.91 Å². The number of carbonyl (C=O) groups excluding carboxylic acids is 2. The van der Waals surface area contributed by atoms with E-state index < -0.39 is 0 Å². The molecule has 28 heavy (non-hydrogen) atoms. The highest BCUT2D eigenvalue weighted by molar-refractivity contribution is 5.94. The van der Waals surface area contributed by atoms with Crippen molar-refractivity contribution in [3.05, 3.63) is 53.2 Å². The van der Waals surface area contributed by atoms with Crippen LogP contribution in [-0.2, 0) is 6.54 Å². The Morgan fingerprint density at radius 3 is 2.57 bits per heavy atom. The number of amides is 3. The summed E-state index contributed by atoms with van der Waals surface area (Å²) in [7, 11) is 0. The topological polar surface area (TPSA) is 78.7 Å². The molecule has 2 fully saturated rings. The summed E-state index contributed by atoms with van der Waals surface area (Å²) in [5.74, 6) is 0.657. The third-order valence-electron chi connectivity index (χ3n) is 5.15. The second-order valence-electron chi connectivity index (χ2n) is 7.29. The third-order valence-corrected chi connectivity index (χ3v) is 5.15. The van der Waals surface area contributed by atoms with E-state index in [1.165, 1.54) is 24.3 Å². The standard InChI is InChI=1S/C20H23FN4O3/c21-16-6-4-15(5-7-16)19(26)24-8-1-9-25(11-10-24)20(27)22-13-17-12-18(23-28-17)14-2-3-14/h4-7,12,14H,1-3,8-11,13H2,(H,22,27). The first-order valence-corrected chi connectivity index (χ1v) is 9.63. The van der Waals surface area contributed by atoms with E-state index in [1.54, 1.807) is 9.80 Å². The maximum atomic E-state index is 13.0. The Morgan fingerprint density at radius 2 is 1.82 bits per heavy atom. The number of rotatable bonds is 4. The molecule has 1 aliphatic heterocycles. The minimum absolute atomic E-state index is 0.142. The molecule has 0 atom stereocenters. The first-order valence-electron chi connectivity index (χ1n) is 9.63. The number of aromatic nitrogens is 1. The molecule has 7 nitrogen and oxygen atoms in total. The Bertz CT molecular complexity index is 847. The van der Waals surface area contributed by atoms with Gasteiger partial charge in [-0.1, -0.05) is 5.16 Å². The van der Waals surface area contributed by atoms with Crippen molar-refractivity contribution in [1.82, 2.24) is 20.3 Å². The van der Waals surface area contributed by atoms with Gasteiger partial charge in [-0.15, -0.1) is 0 Å². The summed E-state index contributed by atoms with van der Waals surface area (Å²) in [5.41, 5.74) is 1.42. The molecular weight excluding hydrogens is 363 g/mol. The number of nitrogens with zero attached hydrogens (tertiary/aromatic N) is 3. The molecule has 4 rings (SSSR count). The molecule has 1 aliphatic carbocycles. The Balaban J connectivity index is 1.28. The lowest BCUT2D eigenvalue weighted by atomic mass is 10.2. The number of halogens is 1. The van der Waals surface area contributed by atoms with Gasteiger partial charge in [0.1, 0.15) is 5.82 Å². The lowest BCUT2D eigenvalue weighted by Gasteiger charge is -2.22. The van der Waals surface area contributed by atoms with Gasteiger partial charge < -0.3 is 19.6 Å². The molecule has 1 aromatic heterocycles. The molecule has 0 bridgehead atoms. The second-order valence-corrected chi connectivity index (χ2v) is 7.29. The first-order chi connectivity index (χ1) is 13.6. The summed E-state index contributed by atoms with van der Waals surface area (Å²) in [6.45, 7) is 2.32. The molecule has 1 saturated carbocycles. The van der Waals surface area contributed by atoms with E-state index in [1.807, 2.05) is 6.07 Å². The number of urea groups is 1. The zero-order valence-electron chi connectivity index (χ0n) is 15.6. The predicted molar refractivity (Wildman–Crippen MR) is 99.2 cm³/mol. The van der Waals surface area contributed by atoms with Crippen LogP contribution in [0.5, 0.6) is 0 Å². The minimum atomic E-state index is -0.369. The molecule has 2 heterocycles. The summed E-state index contributed by atoms with van der Waals surface area (Å²) in [6.07, 6.45) is 2.99. The summed E-state index contributed by atoms with van der Waals surface area (Å²) < 4.78 is 18.3. The summed E-state index contributed by atoms with van der Waals surface area (Å²) >= 11 is 0. The van der Waals surface area contributed by atoms with Crippen molar-refractivity contribution in [3.8, 4) is 0 Å².